The maximum absolute atomic E-state index is 13.5. The Balaban J connectivity index is 1.60. The molecular formula is C29H42N6O. The number of aryl methyl sites for hydroxylation is 1. The van der Waals surface area contributed by atoms with Gasteiger partial charge in [-0.1, -0.05) is 33.1 Å². The van der Waals surface area contributed by atoms with Crippen LogP contribution in [0.3, 0.4) is 0 Å². The molecule has 0 atom stereocenters. The number of hydrogen-bond donors (Lipinski definition) is 1. The third kappa shape index (κ3) is 6.84. The van der Waals surface area contributed by atoms with Crippen molar-refractivity contribution in [2.75, 3.05) is 38.0 Å². The Labute approximate surface area is 215 Å². The number of imidazole rings is 1. The number of nitrogens with zero attached hydrogens (tertiary/aromatic N) is 5. The van der Waals surface area contributed by atoms with Gasteiger partial charge in [-0.05, 0) is 82.1 Å². The van der Waals surface area contributed by atoms with E-state index < -0.39 is 0 Å². The molecule has 3 aromatic rings. The second-order valence-electron chi connectivity index (χ2n) is 9.91. The molecule has 0 bridgehead atoms. The molecule has 0 saturated carbocycles. The maximum Gasteiger partial charge on any atom is 0.253 e. The zero-order valence-corrected chi connectivity index (χ0v) is 22.1. The fraction of sp³-hybridized carbons (Fsp3) is 0.552. The molecule has 2 aromatic heterocycles. The first kappa shape index (κ1) is 26.1. The molecule has 194 valence electrons. The Bertz CT molecular complexity index is 1080. The van der Waals surface area contributed by atoms with E-state index in [-0.39, 0.29) is 5.91 Å². The van der Waals surface area contributed by atoms with Crippen molar-refractivity contribution in [2.24, 2.45) is 0 Å². The van der Waals surface area contributed by atoms with Crippen molar-refractivity contribution in [2.45, 2.75) is 71.8 Å². The van der Waals surface area contributed by atoms with Gasteiger partial charge in [-0.3, -0.25) is 9.78 Å². The highest BCUT2D eigenvalue weighted by atomic mass is 16.2. The lowest BCUT2D eigenvalue weighted by Crippen LogP contribution is -2.33. The van der Waals surface area contributed by atoms with E-state index in [4.69, 9.17) is 4.98 Å². The number of rotatable bonds is 13. The Morgan fingerprint density at radius 2 is 1.78 bits per heavy atom. The topological polar surface area (TPSA) is 66.3 Å². The van der Waals surface area contributed by atoms with Crippen LogP contribution in [0.15, 0.2) is 42.7 Å². The number of amides is 1. The van der Waals surface area contributed by atoms with Crippen LogP contribution in [-0.4, -0.2) is 63.0 Å². The number of pyridine rings is 1. The summed E-state index contributed by atoms with van der Waals surface area (Å²) in [7, 11) is 0. The van der Waals surface area contributed by atoms with Crippen LogP contribution in [-0.2, 0) is 6.54 Å². The lowest BCUT2D eigenvalue weighted by atomic mass is 10.1. The van der Waals surface area contributed by atoms with E-state index in [1.807, 2.05) is 41.4 Å². The highest BCUT2D eigenvalue weighted by Gasteiger charge is 2.19. The molecule has 0 spiro atoms. The van der Waals surface area contributed by atoms with Gasteiger partial charge in [0, 0.05) is 31.4 Å². The number of anilines is 2. The molecule has 1 aliphatic heterocycles. The number of benzene rings is 1. The standard InChI is InChI=1S/C29H42N6O/c1-3-5-19-34(20-6-4-2)28(36)24-13-14-26-27(22-24)35(21-11-18-33-16-8-7-9-17-33)29(32-26)31-25-12-10-15-30-23-25/h10,12-15,22-23H,3-9,11,16-21H2,1-2H3,(H,31,32). The van der Waals surface area contributed by atoms with Gasteiger partial charge in [0.2, 0.25) is 5.95 Å². The van der Waals surface area contributed by atoms with Crippen molar-refractivity contribution in [3.05, 3.63) is 48.3 Å². The van der Waals surface area contributed by atoms with E-state index in [9.17, 15) is 4.79 Å². The van der Waals surface area contributed by atoms with Gasteiger partial charge >= 0.3 is 0 Å². The predicted molar refractivity (Wildman–Crippen MR) is 148 cm³/mol. The fourth-order valence-electron chi connectivity index (χ4n) is 4.97. The molecule has 0 unspecified atom stereocenters. The average Bonchev–Trinajstić information content (AvgIpc) is 3.25. The van der Waals surface area contributed by atoms with E-state index in [0.717, 1.165) is 86.5 Å². The molecule has 1 amide bonds. The van der Waals surface area contributed by atoms with Gasteiger partial charge in [0.15, 0.2) is 0 Å². The Hall–Kier alpha value is -2.93. The van der Waals surface area contributed by atoms with Gasteiger partial charge in [0.1, 0.15) is 0 Å². The summed E-state index contributed by atoms with van der Waals surface area (Å²) in [6.45, 7) is 10.3. The van der Waals surface area contributed by atoms with Crippen LogP contribution in [0.4, 0.5) is 11.6 Å². The minimum absolute atomic E-state index is 0.127. The first-order valence-electron chi connectivity index (χ1n) is 13.9. The van der Waals surface area contributed by atoms with Crippen molar-refractivity contribution in [1.82, 2.24) is 24.3 Å². The van der Waals surface area contributed by atoms with Crippen LogP contribution < -0.4 is 5.32 Å². The third-order valence-electron chi connectivity index (χ3n) is 7.07. The minimum atomic E-state index is 0.127. The van der Waals surface area contributed by atoms with Crippen molar-refractivity contribution >= 4 is 28.6 Å². The van der Waals surface area contributed by atoms with E-state index in [1.165, 1.54) is 32.4 Å². The zero-order valence-electron chi connectivity index (χ0n) is 22.1. The molecule has 0 aliphatic carbocycles. The summed E-state index contributed by atoms with van der Waals surface area (Å²) in [6.07, 6.45) is 12.8. The van der Waals surface area contributed by atoms with E-state index in [0.29, 0.717) is 0 Å². The molecule has 1 fully saturated rings. The summed E-state index contributed by atoms with van der Waals surface area (Å²) >= 11 is 0. The number of likely N-dealkylation sites (tertiary alicyclic amines) is 1. The highest BCUT2D eigenvalue weighted by Crippen LogP contribution is 2.25. The summed E-state index contributed by atoms with van der Waals surface area (Å²) in [4.78, 5) is 27.2. The van der Waals surface area contributed by atoms with Crippen LogP contribution in [0.25, 0.3) is 11.0 Å². The van der Waals surface area contributed by atoms with Crippen molar-refractivity contribution < 1.29 is 4.79 Å². The van der Waals surface area contributed by atoms with Gasteiger partial charge in [-0.2, -0.15) is 0 Å². The van der Waals surface area contributed by atoms with Gasteiger partial charge in [-0.25, -0.2) is 4.98 Å². The van der Waals surface area contributed by atoms with Crippen LogP contribution in [0.2, 0.25) is 0 Å². The van der Waals surface area contributed by atoms with Crippen molar-refractivity contribution in [3.8, 4) is 0 Å². The lowest BCUT2D eigenvalue weighted by molar-refractivity contribution is 0.0751. The fourth-order valence-corrected chi connectivity index (χ4v) is 4.97. The summed E-state index contributed by atoms with van der Waals surface area (Å²) in [6, 6.07) is 9.90. The Kier molecular flexibility index (Phi) is 9.73. The molecule has 0 radical (unpaired) electrons. The molecule has 36 heavy (non-hydrogen) atoms. The first-order valence-corrected chi connectivity index (χ1v) is 13.9. The summed E-state index contributed by atoms with van der Waals surface area (Å²) in [5.74, 6) is 0.928. The normalized spacial score (nSPS) is 14.3. The number of carbonyl (C=O) groups excluding carboxylic acids is 1. The summed E-state index contributed by atoms with van der Waals surface area (Å²) < 4.78 is 2.24. The second kappa shape index (κ2) is 13.4. The molecule has 7 nitrogen and oxygen atoms in total. The quantitative estimate of drug-likeness (QED) is 0.314. The van der Waals surface area contributed by atoms with Gasteiger partial charge in [-0.15, -0.1) is 0 Å². The molecular weight excluding hydrogens is 448 g/mol. The number of nitrogens with one attached hydrogen (secondary N) is 1. The molecule has 1 aliphatic rings. The zero-order chi connectivity index (χ0) is 25.2. The minimum Gasteiger partial charge on any atom is -0.339 e. The Morgan fingerprint density at radius 1 is 1.00 bits per heavy atom. The number of piperidine rings is 1. The number of hydrogen-bond acceptors (Lipinski definition) is 5. The molecule has 7 heteroatoms. The summed E-state index contributed by atoms with van der Waals surface area (Å²) in [5.41, 5.74) is 3.58. The molecule has 1 saturated heterocycles. The van der Waals surface area contributed by atoms with E-state index >= 15 is 0 Å². The van der Waals surface area contributed by atoms with Crippen LogP contribution in [0, 0.1) is 0 Å². The van der Waals surface area contributed by atoms with Crippen LogP contribution in [0.1, 0.15) is 75.6 Å². The van der Waals surface area contributed by atoms with Crippen LogP contribution in [0.5, 0.6) is 0 Å². The second-order valence-corrected chi connectivity index (χ2v) is 9.91. The monoisotopic (exact) mass is 490 g/mol. The smallest absolute Gasteiger partial charge is 0.253 e. The predicted octanol–water partition coefficient (Wildman–Crippen LogP) is 6.09. The summed E-state index contributed by atoms with van der Waals surface area (Å²) in [5, 5.41) is 3.46. The SMILES string of the molecule is CCCCN(CCCC)C(=O)c1ccc2nc(Nc3cccnc3)n(CCCN3CCCCC3)c2c1. The molecule has 1 aromatic carbocycles. The van der Waals surface area contributed by atoms with E-state index in [2.05, 4.69) is 33.6 Å². The lowest BCUT2D eigenvalue weighted by Gasteiger charge is -2.26. The molecule has 1 N–H and O–H groups in total. The highest BCUT2D eigenvalue weighted by molar-refractivity contribution is 5.98. The van der Waals surface area contributed by atoms with E-state index in [1.54, 1.807) is 6.20 Å². The van der Waals surface area contributed by atoms with Crippen LogP contribution >= 0.6 is 0 Å². The van der Waals surface area contributed by atoms with Gasteiger partial charge in [0.25, 0.3) is 5.91 Å². The molecule has 3 heterocycles. The number of carbonyl (C=O) groups is 1. The van der Waals surface area contributed by atoms with Gasteiger partial charge in [0.05, 0.1) is 22.9 Å². The largest absolute Gasteiger partial charge is 0.339 e. The Morgan fingerprint density at radius 3 is 2.47 bits per heavy atom. The van der Waals surface area contributed by atoms with Gasteiger partial charge < -0.3 is 19.7 Å². The molecule has 4 rings (SSSR count). The first-order chi connectivity index (χ1) is 17.7. The third-order valence-corrected chi connectivity index (χ3v) is 7.07. The average molecular weight is 491 g/mol. The van der Waals surface area contributed by atoms with Crippen molar-refractivity contribution in [1.29, 1.82) is 0 Å². The number of aromatic nitrogens is 3. The van der Waals surface area contributed by atoms with Crippen molar-refractivity contribution in [3.63, 3.8) is 0 Å². The number of fused-ring (bicyclic) bond motifs is 1. The maximum atomic E-state index is 13.5. The number of unbranched alkanes of at least 4 members (excludes halogenated alkanes) is 2.